The van der Waals surface area contributed by atoms with Crippen molar-refractivity contribution in [3.05, 3.63) is 29.8 Å². The molecule has 5 heteroatoms. The number of aliphatic hydroxyl groups excluding tert-OH is 1. The van der Waals surface area contributed by atoms with Crippen LogP contribution < -0.4 is 5.32 Å². The molecule has 1 aromatic rings. The summed E-state index contributed by atoms with van der Waals surface area (Å²) in [7, 11) is 1.89. The quantitative estimate of drug-likeness (QED) is 0.860. The molecule has 20 heavy (non-hydrogen) atoms. The number of rotatable bonds is 5. The van der Waals surface area contributed by atoms with E-state index in [-0.39, 0.29) is 18.0 Å². The van der Waals surface area contributed by atoms with E-state index in [0.29, 0.717) is 5.92 Å². The summed E-state index contributed by atoms with van der Waals surface area (Å²) in [4.78, 5) is 6.43. The monoisotopic (exact) mass is 281 g/mol. The van der Waals surface area contributed by atoms with Crippen LogP contribution in [0.1, 0.15) is 31.5 Å². The lowest BCUT2D eigenvalue weighted by atomic mass is 9.95. The first-order chi connectivity index (χ1) is 9.60. The molecule has 4 nitrogen and oxygen atoms in total. The van der Waals surface area contributed by atoms with Crippen LogP contribution in [0.2, 0.25) is 0 Å². The van der Waals surface area contributed by atoms with Crippen LogP contribution in [0.25, 0.3) is 0 Å². The topological polar surface area (TPSA) is 48.4 Å². The standard InChI is InChI=1S/C15H24FN3O/c1-11-5-7-19(10-15(11)20)8-6-13(17-2)14-4-3-12(16)9-18-14/h3-4,9,11,13,15,17,20H,5-8,10H2,1-2H3. The van der Waals surface area contributed by atoms with Gasteiger partial charge < -0.3 is 15.3 Å². The van der Waals surface area contributed by atoms with Crippen molar-refractivity contribution < 1.29 is 9.50 Å². The van der Waals surface area contributed by atoms with Gasteiger partial charge in [0.05, 0.1) is 24.0 Å². The Hall–Kier alpha value is -1.04. The summed E-state index contributed by atoms with van der Waals surface area (Å²) in [5, 5.41) is 13.1. The molecule has 0 aromatic carbocycles. The van der Waals surface area contributed by atoms with Crippen molar-refractivity contribution in [2.24, 2.45) is 5.92 Å². The number of hydrogen-bond donors (Lipinski definition) is 2. The number of pyridine rings is 1. The molecule has 1 aliphatic heterocycles. The predicted octanol–water partition coefficient (Wildman–Crippen LogP) is 1.57. The van der Waals surface area contributed by atoms with Gasteiger partial charge in [-0.1, -0.05) is 6.92 Å². The van der Waals surface area contributed by atoms with Gasteiger partial charge in [0.25, 0.3) is 0 Å². The molecular weight excluding hydrogens is 257 g/mol. The van der Waals surface area contributed by atoms with Crippen LogP contribution in [0.3, 0.4) is 0 Å². The number of β-amino-alcohol motifs (C(OH)–C–C–N with tert-alkyl or cyclic N) is 1. The van der Waals surface area contributed by atoms with Crippen molar-refractivity contribution >= 4 is 0 Å². The molecule has 2 rings (SSSR count). The molecule has 3 unspecified atom stereocenters. The fourth-order valence-corrected chi connectivity index (χ4v) is 2.66. The van der Waals surface area contributed by atoms with Gasteiger partial charge in [-0.05, 0) is 44.5 Å². The number of hydrogen-bond acceptors (Lipinski definition) is 4. The molecular formula is C15H24FN3O. The number of piperidine rings is 1. The second kappa shape index (κ2) is 7.11. The van der Waals surface area contributed by atoms with E-state index in [1.54, 1.807) is 6.07 Å². The first-order valence-electron chi connectivity index (χ1n) is 7.29. The number of nitrogens with one attached hydrogen (secondary N) is 1. The molecule has 0 saturated carbocycles. The van der Waals surface area contributed by atoms with Crippen molar-refractivity contribution in [1.82, 2.24) is 15.2 Å². The minimum Gasteiger partial charge on any atom is -0.392 e. The Morgan fingerprint density at radius 2 is 2.35 bits per heavy atom. The zero-order valence-electron chi connectivity index (χ0n) is 12.2. The summed E-state index contributed by atoms with van der Waals surface area (Å²) in [6, 6.07) is 3.29. The molecule has 112 valence electrons. The molecule has 0 spiro atoms. The van der Waals surface area contributed by atoms with Gasteiger partial charge in [0.1, 0.15) is 5.82 Å². The zero-order valence-corrected chi connectivity index (χ0v) is 12.2. The number of halogens is 1. The third-order valence-electron chi connectivity index (χ3n) is 4.19. The lowest BCUT2D eigenvalue weighted by Crippen LogP contribution is -2.43. The normalized spacial score (nSPS) is 25.6. The summed E-state index contributed by atoms with van der Waals surface area (Å²) >= 11 is 0. The summed E-state index contributed by atoms with van der Waals surface area (Å²) in [6.45, 7) is 4.79. The van der Waals surface area contributed by atoms with Crippen molar-refractivity contribution in [3.63, 3.8) is 0 Å². The molecule has 1 fully saturated rings. The first-order valence-corrected chi connectivity index (χ1v) is 7.29. The number of nitrogens with zero attached hydrogens (tertiary/aromatic N) is 2. The molecule has 1 saturated heterocycles. The SMILES string of the molecule is CNC(CCN1CCC(C)C(O)C1)c1ccc(F)cn1. The lowest BCUT2D eigenvalue weighted by Gasteiger charge is -2.34. The summed E-state index contributed by atoms with van der Waals surface area (Å²) < 4.78 is 12.9. The minimum atomic E-state index is -0.309. The van der Waals surface area contributed by atoms with Crippen molar-refractivity contribution in [2.45, 2.75) is 31.9 Å². The number of likely N-dealkylation sites (tertiary alicyclic amines) is 1. The molecule has 0 aliphatic carbocycles. The van der Waals surface area contributed by atoms with E-state index in [0.717, 1.165) is 38.2 Å². The summed E-state index contributed by atoms with van der Waals surface area (Å²) in [5.41, 5.74) is 0.861. The highest BCUT2D eigenvalue weighted by Gasteiger charge is 2.24. The zero-order chi connectivity index (χ0) is 14.5. The van der Waals surface area contributed by atoms with Crippen LogP contribution in [-0.4, -0.2) is 47.8 Å². The smallest absolute Gasteiger partial charge is 0.141 e. The van der Waals surface area contributed by atoms with Crippen LogP contribution in [-0.2, 0) is 0 Å². The van der Waals surface area contributed by atoms with Gasteiger partial charge in [0.2, 0.25) is 0 Å². The number of aliphatic hydroxyl groups is 1. The Morgan fingerprint density at radius 1 is 1.55 bits per heavy atom. The maximum Gasteiger partial charge on any atom is 0.141 e. The van der Waals surface area contributed by atoms with Gasteiger partial charge in [-0.2, -0.15) is 0 Å². The third kappa shape index (κ3) is 3.98. The lowest BCUT2D eigenvalue weighted by molar-refractivity contribution is 0.0278. The Balaban J connectivity index is 1.86. The average Bonchev–Trinajstić information content (AvgIpc) is 2.45. The average molecular weight is 281 g/mol. The Labute approximate surface area is 120 Å². The van der Waals surface area contributed by atoms with Gasteiger partial charge in [-0.15, -0.1) is 0 Å². The molecule has 0 radical (unpaired) electrons. The fraction of sp³-hybridized carbons (Fsp3) is 0.667. The Bertz CT molecular complexity index is 412. The fourth-order valence-electron chi connectivity index (χ4n) is 2.66. The molecule has 3 atom stereocenters. The summed E-state index contributed by atoms with van der Waals surface area (Å²) in [6.07, 6.45) is 2.98. The number of aromatic nitrogens is 1. The van der Waals surface area contributed by atoms with Crippen molar-refractivity contribution in [1.29, 1.82) is 0 Å². The molecule has 2 heterocycles. The predicted molar refractivity (Wildman–Crippen MR) is 76.8 cm³/mol. The van der Waals surface area contributed by atoms with E-state index in [2.05, 4.69) is 22.1 Å². The van der Waals surface area contributed by atoms with E-state index in [1.807, 2.05) is 7.05 Å². The summed E-state index contributed by atoms with van der Waals surface area (Å²) in [5.74, 6) is 0.0851. The second-order valence-electron chi connectivity index (χ2n) is 5.67. The maximum atomic E-state index is 12.9. The van der Waals surface area contributed by atoms with Gasteiger partial charge in [0.15, 0.2) is 0 Å². The Kier molecular flexibility index (Phi) is 5.46. The molecule has 0 bridgehead atoms. The largest absolute Gasteiger partial charge is 0.392 e. The van der Waals surface area contributed by atoms with E-state index < -0.39 is 0 Å². The Morgan fingerprint density at radius 3 is 2.95 bits per heavy atom. The molecule has 2 N–H and O–H groups in total. The van der Waals surface area contributed by atoms with Crippen molar-refractivity contribution in [2.75, 3.05) is 26.7 Å². The van der Waals surface area contributed by atoms with Crippen LogP contribution >= 0.6 is 0 Å². The maximum absolute atomic E-state index is 12.9. The molecule has 1 aromatic heterocycles. The minimum absolute atomic E-state index is 0.118. The van der Waals surface area contributed by atoms with Crippen LogP contribution in [0.4, 0.5) is 4.39 Å². The van der Waals surface area contributed by atoms with E-state index >= 15 is 0 Å². The highest BCUT2D eigenvalue weighted by atomic mass is 19.1. The molecule has 0 amide bonds. The second-order valence-corrected chi connectivity index (χ2v) is 5.67. The first kappa shape index (κ1) is 15.4. The van der Waals surface area contributed by atoms with Crippen LogP contribution in [0, 0.1) is 11.7 Å². The van der Waals surface area contributed by atoms with Crippen LogP contribution in [0.15, 0.2) is 18.3 Å². The van der Waals surface area contributed by atoms with E-state index in [4.69, 9.17) is 0 Å². The highest BCUT2D eigenvalue weighted by Crippen LogP contribution is 2.20. The highest BCUT2D eigenvalue weighted by molar-refractivity contribution is 5.09. The van der Waals surface area contributed by atoms with E-state index in [9.17, 15) is 9.50 Å². The van der Waals surface area contributed by atoms with Gasteiger partial charge in [-0.3, -0.25) is 4.98 Å². The van der Waals surface area contributed by atoms with Crippen molar-refractivity contribution in [3.8, 4) is 0 Å². The van der Waals surface area contributed by atoms with Gasteiger partial charge in [-0.25, -0.2) is 4.39 Å². The third-order valence-corrected chi connectivity index (χ3v) is 4.19. The van der Waals surface area contributed by atoms with Gasteiger partial charge >= 0.3 is 0 Å². The van der Waals surface area contributed by atoms with Crippen LogP contribution in [0.5, 0.6) is 0 Å². The van der Waals surface area contributed by atoms with Gasteiger partial charge in [0, 0.05) is 13.1 Å². The molecule has 1 aliphatic rings. The van der Waals surface area contributed by atoms with E-state index in [1.165, 1.54) is 12.3 Å².